The van der Waals surface area contributed by atoms with Crippen LogP contribution in [0.15, 0.2) is 34.6 Å². The number of rotatable bonds is 0. The number of hydrogen-bond donors (Lipinski definition) is 1. The van der Waals surface area contributed by atoms with Gasteiger partial charge in [0.2, 0.25) is 0 Å². The van der Waals surface area contributed by atoms with Crippen LogP contribution in [0.2, 0.25) is 0 Å². The van der Waals surface area contributed by atoms with Crippen LogP contribution in [0.4, 0.5) is 5.69 Å². The topological polar surface area (TPSA) is 68.0 Å². The van der Waals surface area contributed by atoms with E-state index in [1.807, 2.05) is 0 Å². The van der Waals surface area contributed by atoms with E-state index in [1.54, 1.807) is 24.3 Å². The maximum atomic E-state index is 10.9. The predicted molar refractivity (Wildman–Crippen MR) is 40.1 cm³/mol. The maximum absolute atomic E-state index is 10.9. The zero-order valence-electron chi connectivity index (χ0n) is 6.21. The minimum Gasteiger partial charge on any atom is -0.569 e. The summed E-state index contributed by atoms with van der Waals surface area (Å²) in [5.41, 5.74) is 1.36. The largest absolute Gasteiger partial charge is 0.569 e. The highest BCUT2D eigenvalue weighted by Crippen LogP contribution is 2.27. The summed E-state index contributed by atoms with van der Waals surface area (Å²) in [4.78, 5) is -1.66. The minimum absolute atomic E-state index is 0.0698. The van der Waals surface area contributed by atoms with E-state index in [-0.39, 0.29) is 6.54 Å². The summed E-state index contributed by atoms with van der Waals surface area (Å²) in [5, 5.41) is 26.6. The van der Waals surface area contributed by atoms with Gasteiger partial charge < -0.3 is 5.21 Å². The number of fused-ring (bicyclic) bond motifs is 1. The standard InChI is InChI=1S/C7H7N3O2/c11-10(12)5-6-3-1-2-4-7(6)8-9-10/h1-4,11H,5H2. The van der Waals surface area contributed by atoms with E-state index < -0.39 is 4.92 Å². The van der Waals surface area contributed by atoms with Crippen molar-refractivity contribution >= 4 is 5.69 Å². The van der Waals surface area contributed by atoms with Crippen molar-refractivity contribution in [1.29, 1.82) is 0 Å². The molecule has 0 aromatic heterocycles. The average Bonchev–Trinajstić information content (AvgIpc) is 2.02. The number of nitrogens with zero attached hydrogens (tertiary/aromatic N) is 3. The van der Waals surface area contributed by atoms with Crippen LogP contribution in [-0.4, -0.2) is 10.1 Å². The minimum atomic E-state index is -1.66. The second-order valence-corrected chi connectivity index (χ2v) is 2.64. The van der Waals surface area contributed by atoms with Gasteiger partial charge in [-0.25, -0.2) is 0 Å². The van der Waals surface area contributed by atoms with E-state index >= 15 is 0 Å². The van der Waals surface area contributed by atoms with Crippen molar-refractivity contribution in [2.75, 3.05) is 0 Å². The van der Waals surface area contributed by atoms with Gasteiger partial charge in [-0.05, 0) is 6.07 Å². The highest BCUT2D eigenvalue weighted by Gasteiger charge is 2.21. The van der Waals surface area contributed by atoms with Crippen molar-refractivity contribution in [3.63, 3.8) is 0 Å². The first kappa shape index (κ1) is 7.35. The second-order valence-electron chi connectivity index (χ2n) is 2.64. The van der Waals surface area contributed by atoms with Crippen LogP contribution >= 0.6 is 0 Å². The summed E-state index contributed by atoms with van der Waals surface area (Å²) in [5.74, 6) is 0. The lowest BCUT2D eigenvalue weighted by Gasteiger charge is -2.27. The fraction of sp³-hybridized carbons (Fsp3) is 0.143. The molecule has 1 N–H and O–H groups in total. The first-order valence-electron chi connectivity index (χ1n) is 3.50. The first-order chi connectivity index (χ1) is 5.67. The molecule has 1 aromatic carbocycles. The summed E-state index contributed by atoms with van der Waals surface area (Å²) < 4.78 is 0. The molecule has 0 spiro atoms. The van der Waals surface area contributed by atoms with Gasteiger partial charge in [0, 0.05) is 5.56 Å². The average molecular weight is 165 g/mol. The number of quaternary nitrogens is 1. The summed E-state index contributed by atoms with van der Waals surface area (Å²) in [6.07, 6.45) is 0. The van der Waals surface area contributed by atoms with Crippen molar-refractivity contribution in [2.24, 2.45) is 10.3 Å². The SMILES string of the molecule is [O-][N+]1(O)Cc2ccccc2N=N1. The van der Waals surface area contributed by atoms with Crippen LogP contribution in [0.3, 0.4) is 0 Å². The van der Waals surface area contributed by atoms with E-state index in [4.69, 9.17) is 5.21 Å². The van der Waals surface area contributed by atoms with Gasteiger partial charge in [0.05, 0.1) is 10.9 Å². The Morgan fingerprint density at radius 2 is 2.17 bits per heavy atom. The molecule has 0 bridgehead atoms. The van der Waals surface area contributed by atoms with Gasteiger partial charge in [-0.1, -0.05) is 28.2 Å². The molecule has 1 atom stereocenters. The van der Waals surface area contributed by atoms with Crippen LogP contribution in [-0.2, 0) is 6.54 Å². The third-order valence-electron chi connectivity index (χ3n) is 1.66. The second kappa shape index (κ2) is 2.34. The summed E-state index contributed by atoms with van der Waals surface area (Å²) in [6, 6.07) is 7.09. The van der Waals surface area contributed by atoms with Gasteiger partial charge in [-0.3, -0.25) is 0 Å². The van der Waals surface area contributed by atoms with E-state index in [0.29, 0.717) is 11.3 Å². The van der Waals surface area contributed by atoms with E-state index in [0.717, 1.165) is 0 Å². The van der Waals surface area contributed by atoms with Crippen LogP contribution in [0, 0.1) is 5.21 Å². The quantitative estimate of drug-likeness (QED) is 0.471. The number of benzene rings is 1. The number of hydrogen-bond acceptors (Lipinski definition) is 4. The zero-order chi connectivity index (χ0) is 8.60. The Morgan fingerprint density at radius 1 is 1.42 bits per heavy atom. The van der Waals surface area contributed by atoms with Crippen LogP contribution in [0.5, 0.6) is 0 Å². The zero-order valence-corrected chi connectivity index (χ0v) is 6.21. The van der Waals surface area contributed by atoms with Crippen molar-refractivity contribution in [1.82, 2.24) is 0 Å². The Morgan fingerprint density at radius 3 is 3.00 bits per heavy atom. The molecule has 0 fully saturated rings. The van der Waals surface area contributed by atoms with Crippen molar-refractivity contribution < 1.29 is 10.1 Å². The van der Waals surface area contributed by atoms with Gasteiger partial charge in [-0.2, -0.15) is 5.21 Å². The summed E-state index contributed by atoms with van der Waals surface area (Å²) in [6.45, 7) is -0.0698. The molecule has 0 radical (unpaired) electrons. The van der Waals surface area contributed by atoms with Gasteiger partial charge in [0.25, 0.3) is 0 Å². The monoisotopic (exact) mass is 165 g/mol. The summed E-state index contributed by atoms with van der Waals surface area (Å²) in [7, 11) is 0. The Labute approximate surface area is 68.7 Å². The molecule has 5 heteroatoms. The highest BCUT2D eigenvalue weighted by molar-refractivity contribution is 5.44. The van der Waals surface area contributed by atoms with E-state index in [9.17, 15) is 5.21 Å². The third kappa shape index (κ3) is 1.20. The molecule has 2 rings (SSSR count). The lowest BCUT2D eigenvalue weighted by atomic mass is 10.2. The molecular weight excluding hydrogens is 158 g/mol. The first-order valence-corrected chi connectivity index (χ1v) is 3.50. The molecule has 1 aliphatic heterocycles. The van der Waals surface area contributed by atoms with Gasteiger partial charge >= 0.3 is 0 Å². The molecule has 1 aliphatic rings. The van der Waals surface area contributed by atoms with Crippen LogP contribution in [0.1, 0.15) is 5.56 Å². The molecule has 12 heavy (non-hydrogen) atoms. The predicted octanol–water partition coefficient (Wildman–Crippen LogP) is 1.90. The van der Waals surface area contributed by atoms with Crippen LogP contribution < -0.4 is 0 Å². The molecule has 1 unspecified atom stereocenters. The molecule has 0 saturated heterocycles. The van der Waals surface area contributed by atoms with E-state index in [2.05, 4.69) is 10.3 Å². The Bertz CT molecular complexity index is 335. The molecule has 0 amide bonds. The lowest BCUT2D eigenvalue weighted by Crippen LogP contribution is -2.32. The molecule has 1 heterocycles. The Kier molecular flexibility index (Phi) is 1.44. The molecule has 5 nitrogen and oxygen atoms in total. The fourth-order valence-electron chi connectivity index (χ4n) is 1.11. The molecule has 62 valence electrons. The van der Waals surface area contributed by atoms with Gasteiger partial charge in [0.1, 0.15) is 0 Å². The number of hydroxylamine groups is 2. The fourth-order valence-corrected chi connectivity index (χ4v) is 1.11. The maximum Gasteiger partial charge on any atom is 0.165 e. The van der Waals surface area contributed by atoms with E-state index in [1.165, 1.54) is 0 Å². The van der Waals surface area contributed by atoms with Gasteiger partial charge in [-0.15, -0.1) is 0 Å². The van der Waals surface area contributed by atoms with Crippen molar-refractivity contribution in [3.8, 4) is 0 Å². The Hall–Kier alpha value is -1.30. The summed E-state index contributed by atoms with van der Waals surface area (Å²) >= 11 is 0. The Balaban J connectivity index is 2.46. The van der Waals surface area contributed by atoms with Crippen molar-refractivity contribution in [3.05, 3.63) is 35.0 Å². The highest BCUT2D eigenvalue weighted by atomic mass is 16.9. The molecular formula is C7H7N3O2. The smallest absolute Gasteiger partial charge is 0.165 e. The van der Waals surface area contributed by atoms with Crippen LogP contribution in [0.25, 0.3) is 0 Å². The lowest BCUT2D eigenvalue weighted by molar-refractivity contribution is -1.09. The van der Waals surface area contributed by atoms with Gasteiger partial charge in [0.15, 0.2) is 6.54 Å². The third-order valence-corrected chi connectivity index (χ3v) is 1.66. The molecule has 0 saturated carbocycles. The van der Waals surface area contributed by atoms with Crippen molar-refractivity contribution in [2.45, 2.75) is 6.54 Å². The molecule has 1 aromatic rings. The normalized spacial score (nSPS) is 26.8. The molecule has 0 aliphatic carbocycles.